The van der Waals surface area contributed by atoms with Crippen LogP contribution in [0.3, 0.4) is 0 Å². The van der Waals surface area contributed by atoms with Gasteiger partial charge in [0, 0.05) is 6.42 Å². The van der Waals surface area contributed by atoms with Gasteiger partial charge in [-0.15, -0.1) is 0 Å². The maximum absolute atomic E-state index is 12.5. The summed E-state index contributed by atoms with van der Waals surface area (Å²) in [6.07, 6.45) is 9.69. The van der Waals surface area contributed by atoms with Crippen LogP contribution in [0.15, 0.2) is 30.3 Å². The van der Waals surface area contributed by atoms with Crippen molar-refractivity contribution in [2.24, 2.45) is 46.3 Å². The first-order valence-electron chi connectivity index (χ1n) is 14.3. The first-order valence-corrected chi connectivity index (χ1v) is 14.3. The molecule has 4 fully saturated rings. The molecule has 0 aromatic heterocycles. The molecule has 0 bridgehead atoms. The van der Waals surface area contributed by atoms with Crippen molar-refractivity contribution >= 4 is 5.97 Å². The van der Waals surface area contributed by atoms with Crippen molar-refractivity contribution in [2.75, 3.05) is 0 Å². The van der Waals surface area contributed by atoms with E-state index >= 15 is 0 Å². The molecule has 4 saturated carbocycles. The lowest BCUT2D eigenvalue weighted by molar-refractivity contribution is -0.175. The quantitative estimate of drug-likeness (QED) is 0.478. The Morgan fingerprint density at radius 2 is 1.80 bits per heavy atom. The van der Waals surface area contributed by atoms with Gasteiger partial charge in [-0.2, -0.15) is 0 Å². The summed E-state index contributed by atoms with van der Waals surface area (Å²) in [4.78, 5) is 12.5. The predicted molar refractivity (Wildman–Crippen MR) is 137 cm³/mol. The number of aliphatic hydroxyl groups excluding tert-OH is 2. The molecule has 1 aromatic rings. The number of esters is 1. The van der Waals surface area contributed by atoms with E-state index < -0.39 is 0 Å². The average Bonchev–Trinajstić information content (AvgIpc) is 3.22. The molecule has 4 aliphatic carbocycles. The summed E-state index contributed by atoms with van der Waals surface area (Å²) in [6.45, 7) is 7.49. The standard InChI is InChI=1S/C31H46O4/c1-20(9-14-29(34)35-19-21-7-5-4-6-8-21)25-12-13-26-24-11-10-22-17-23(32)15-16-30(22,2)27(24)18-28(33)31(25,26)3/h4-8,20,22-28,32-33H,9-19H2,1-3H3. The fourth-order valence-corrected chi connectivity index (χ4v) is 9.52. The Kier molecular flexibility index (Phi) is 7.09. The lowest BCUT2D eigenvalue weighted by atomic mass is 9.43. The van der Waals surface area contributed by atoms with Gasteiger partial charge in [0.05, 0.1) is 12.2 Å². The highest BCUT2D eigenvalue weighted by Gasteiger charge is 2.63. The van der Waals surface area contributed by atoms with Crippen LogP contribution in [0.2, 0.25) is 0 Å². The summed E-state index contributed by atoms with van der Waals surface area (Å²) in [5, 5.41) is 22.0. The fraction of sp³-hybridized carbons (Fsp3) is 0.774. The second-order valence-electron chi connectivity index (χ2n) is 13.0. The molecule has 4 aliphatic rings. The topological polar surface area (TPSA) is 66.8 Å². The summed E-state index contributed by atoms with van der Waals surface area (Å²) in [5.41, 5.74) is 1.25. The van der Waals surface area contributed by atoms with E-state index in [1.54, 1.807) is 0 Å². The smallest absolute Gasteiger partial charge is 0.306 e. The van der Waals surface area contributed by atoms with Gasteiger partial charge in [0.15, 0.2) is 0 Å². The number of aliphatic hydroxyl groups is 2. The van der Waals surface area contributed by atoms with Crippen LogP contribution < -0.4 is 0 Å². The maximum atomic E-state index is 12.5. The Hall–Kier alpha value is -1.39. The number of hydrogen-bond donors (Lipinski definition) is 2. The summed E-state index contributed by atoms with van der Waals surface area (Å²) in [6, 6.07) is 9.86. The normalized spacial score (nSPS) is 43.5. The summed E-state index contributed by atoms with van der Waals surface area (Å²) >= 11 is 0. The zero-order valence-electron chi connectivity index (χ0n) is 22.0. The number of rotatable bonds is 6. The van der Waals surface area contributed by atoms with Crippen molar-refractivity contribution in [1.29, 1.82) is 0 Å². The zero-order valence-corrected chi connectivity index (χ0v) is 22.0. The van der Waals surface area contributed by atoms with E-state index in [1.165, 1.54) is 25.7 Å². The molecule has 10 unspecified atom stereocenters. The van der Waals surface area contributed by atoms with E-state index in [0.29, 0.717) is 48.5 Å². The molecule has 1 aromatic carbocycles. The van der Waals surface area contributed by atoms with E-state index in [0.717, 1.165) is 37.7 Å². The van der Waals surface area contributed by atoms with Crippen molar-refractivity contribution in [3.05, 3.63) is 35.9 Å². The summed E-state index contributed by atoms with van der Waals surface area (Å²) in [5.74, 6) is 3.23. The van der Waals surface area contributed by atoms with Gasteiger partial charge in [-0.3, -0.25) is 4.79 Å². The third kappa shape index (κ3) is 4.48. The number of hydrogen-bond acceptors (Lipinski definition) is 4. The van der Waals surface area contributed by atoms with Crippen LogP contribution in [0, 0.1) is 46.3 Å². The van der Waals surface area contributed by atoms with E-state index in [1.807, 2.05) is 30.3 Å². The molecule has 0 amide bonds. The number of benzene rings is 1. The van der Waals surface area contributed by atoms with Gasteiger partial charge in [-0.05, 0) is 110 Å². The van der Waals surface area contributed by atoms with Crippen LogP contribution in [0.4, 0.5) is 0 Å². The molecule has 0 heterocycles. The highest BCUT2D eigenvalue weighted by atomic mass is 16.5. The van der Waals surface area contributed by atoms with Crippen molar-refractivity contribution in [3.8, 4) is 0 Å². The molecule has 0 aliphatic heterocycles. The van der Waals surface area contributed by atoms with Gasteiger partial charge in [0.1, 0.15) is 6.61 Å². The first kappa shape index (κ1) is 25.3. The minimum Gasteiger partial charge on any atom is -0.461 e. The zero-order chi connectivity index (χ0) is 24.8. The Morgan fingerprint density at radius 1 is 1.03 bits per heavy atom. The minimum atomic E-state index is -0.267. The minimum absolute atomic E-state index is 0.0497. The van der Waals surface area contributed by atoms with Crippen LogP contribution in [-0.4, -0.2) is 28.4 Å². The molecule has 194 valence electrons. The van der Waals surface area contributed by atoms with Crippen molar-refractivity contribution in [1.82, 2.24) is 0 Å². The van der Waals surface area contributed by atoms with E-state index in [4.69, 9.17) is 4.74 Å². The number of fused-ring (bicyclic) bond motifs is 5. The van der Waals surface area contributed by atoms with Crippen LogP contribution in [-0.2, 0) is 16.1 Å². The predicted octanol–water partition coefficient (Wildman–Crippen LogP) is 6.14. The van der Waals surface area contributed by atoms with E-state index in [2.05, 4.69) is 20.8 Å². The highest BCUT2D eigenvalue weighted by molar-refractivity contribution is 5.69. The lowest BCUT2D eigenvalue weighted by Crippen LogP contribution is -2.58. The van der Waals surface area contributed by atoms with Crippen LogP contribution >= 0.6 is 0 Å². The molecule has 4 nitrogen and oxygen atoms in total. The molecule has 10 atom stereocenters. The highest BCUT2D eigenvalue weighted by Crippen LogP contribution is 2.68. The molecule has 4 heteroatoms. The van der Waals surface area contributed by atoms with Crippen molar-refractivity contribution in [3.63, 3.8) is 0 Å². The SMILES string of the molecule is CC(CCC(=O)OCc1ccccc1)C1CCC2C3CCC4CC(O)CCC4(C)C3CC(O)C12C. The van der Waals surface area contributed by atoms with E-state index in [-0.39, 0.29) is 29.0 Å². The number of carbonyl (C=O) groups is 1. The van der Waals surface area contributed by atoms with Crippen molar-refractivity contribution < 1.29 is 19.7 Å². The van der Waals surface area contributed by atoms with Crippen LogP contribution in [0.25, 0.3) is 0 Å². The monoisotopic (exact) mass is 482 g/mol. The summed E-state index contributed by atoms with van der Waals surface area (Å²) in [7, 11) is 0. The molecule has 0 spiro atoms. The van der Waals surface area contributed by atoms with Crippen LogP contribution in [0.5, 0.6) is 0 Å². The Labute approximate surface area is 211 Å². The second kappa shape index (κ2) is 9.82. The third-order valence-corrected chi connectivity index (χ3v) is 11.5. The third-order valence-electron chi connectivity index (χ3n) is 11.5. The van der Waals surface area contributed by atoms with Gasteiger partial charge in [-0.25, -0.2) is 0 Å². The Balaban J connectivity index is 1.22. The van der Waals surface area contributed by atoms with Crippen molar-refractivity contribution in [2.45, 2.75) is 104 Å². The molecular formula is C31H46O4. The van der Waals surface area contributed by atoms with Gasteiger partial charge >= 0.3 is 5.97 Å². The molecule has 5 rings (SSSR count). The summed E-state index contributed by atoms with van der Waals surface area (Å²) < 4.78 is 5.53. The fourth-order valence-electron chi connectivity index (χ4n) is 9.52. The van der Waals surface area contributed by atoms with Gasteiger partial charge in [0.2, 0.25) is 0 Å². The Morgan fingerprint density at radius 3 is 2.57 bits per heavy atom. The molecule has 35 heavy (non-hydrogen) atoms. The largest absolute Gasteiger partial charge is 0.461 e. The van der Waals surface area contributed by atoms with E-state index in [9.17, 15) is 15.0 Å². The van der Waals surface area contributed by atoms with Gasteiger partial charge in [0.25, 0.3) is 0 Å². The molecule has 0 saturated heterocycles. The molecule has 0 radical (unpaired) electrons. The first-order chi connectivity index (χ1) is 16.7. The number of carbonyl (C=O) groups excluding carboxylic acids is 1. The van der Waals surface area contributed by atoms with Gasteiger partial charge in [-0.1, -0.05) is 51.1 Å². The molecular weight excluding hydrogens is 436 g/mol. The Bertz CT molecular complexity index is 885. The molecule has 2 N–H and O–H groups in total. The average molecular weight is 483 g/mol. The van der Waals surface area contributed by atoms with Gasteiger partial charge < -0.3 is 14.9 Å². The lowest BCUT2D eigenvalue weighted by Gasteiger charge is -2.62. The second-order valence-corrected chi connectivity index (χ2v) is 13.0. The van der Waals surface area contributed by atoms with Crippen LogP contribution in [0.1, 0.15) is 90.5 Å². The number of ether oxygens (including phenoxy) is 1. The maximum Gasteiger partial charge on any atom is 0.306 e.